The molecule has 2 aliphatic rings. The number of aliphatic carboxylic acids is 1. The average Bonchev–Trinajstić information content (AvgIpc) is 3.24. The number of nitrogen functional groups attached to an aromatic ring is 1. The summed E-state index contributed by atoms with van der Waals surface area (Å²) in [5, 5.41) is 24.6. The first-order valence-corrected chi connectivity index (χ1v) is 12.7. The Kier molecular flexibility index (Phi) is 6.90. The van der Waals surface area contributed by atoms with Crippen molar-refractivity contribution >= 4 is 64.2 Å². The summed E-state index contributed by atoms with van der Waals surface area (Å²) in [7, 11) is 1.26. The number of nitrogens with zero attached hydrogens (tertiary/aromatic N) is 6. The number of rotatable bonds is 8. The van der Waals surface area contributed by atoms with Gasteiger partial charge in [0.15, 0.2) is 10.2 Å². The van der Waals surface area contributed by atoms with Crippen molar-refractivity contribution in [2.75, 3.05) is 30.9 Å². The summed E-state index contributed by atoms with van der Waals surface area (Å²) in [6.45, 7) is 1.86. The number of nitrogens with two attached hydrogens (primary N) is 1. The van der Waals surface area contributed by atoms with E-state index in [-0.39, 0.29) is 41.3 Å². The van der Waals surface area contributed by atoms with Crippen molar-refractivity contribution in [2.45, 2.75) is 22.7 Å². The number of β-lactam (4-membered cyclic amide) rings is 1. The first-order chi connectivity index (χ1) is 16.2. The third kappa shape index (κ3) is 4.65. The lowest BCUT2D eigenvalue weighted by Crippen LogP contribution is -2.74. The zero-order valence-electron chi connectivity index (χ0n) is 18.0. The molecular weight excluding hydrogens is 504 g/mol. The predicted molar refractivity (Wildman–Crippen MR) is 125 cm³/mol. The monoisotopic (exact) mass is 524 g/mol. The molecule has 3 atom stereocenters. The molecular formula is C18H20N8O5S3. The van der Waals surface area contributed by atoms with E-state index < -0.39 is 28.7 Å². The van der Waals surface area contributed by atoms with Crippen molar-refractivity contribution < 1.29 is 24.3 Å². The van der Waals surface area contributed by atoms with Gasteiger partial charge in [0.05, 0.1) is 0 Å². The number of carboxylic acid groups (broad SMARTS) is 1. The highest BCUT2D eigenvalue weighted by Gasteiger charge is 2.57. The van der Waals surface area contributed by atoms with Crippen LogP contribution in [0.25, 0.3) is 0 Å². The van der Waals surface area contributed by atoms with Gasteiger partial charge in [0.2, 0.25) is 11.6 Å². The van der Waals surface area contributed by atoms with Gasteiger partial charge >= 0.3 is 5.97 Å². The van der Waals surface area contributed by atoms with Gasteiger partial charge in [0, 0.05) is 24.2 Å². The van der Waals surface area contributed by atoms with Gasteiger partial charge in [0.1, 0.15) is 34.8 Å². The predicted octanol–water partition coefficient (Wildman–Crippen LogP) is -0.168. The average molecular weight is 525 g/mol. The lowest BCUT2D eigenvalue weighted by Gasteiger charge is -2.53. The van der Waals surface area contributed by atoms with Gasteiger partial charge in [-0.2, -0.15) is 0 Å². The molecule has 0 aromatic carbocycles. The van der Waals surface area contributed by atoms with Gasteiger partial charge < -0.3 is 25.9 Å². The number of aromatic nitrogens is 4. The van der Waals surface area contributed by atoms with E-state index in [1.165, 1.54) is 59.1 Å². The Labute approximate surface area is 205 Å². The van der Waals surface area contributed by atoms with Crippen molar-refractivity contribution in [1.82, 2.24) is 30.4 Å². The van der Waals surface area contributed by atoms with E-state index in [9.17, 15) is 19.5 Å². The van der Waals surface area contributed by atoms with E-state index in [1.807, 2.05) is 6.92 Å². The molecule has 2 aromatic rings. The number of fused-ring (bicyclic) bond motifs is 1. The van der Waals surface area contributed by atoms with E-state index >= 15 is 0 Å². The number of thioether (sulfide) groups is 2. The molecule has 2 aliphatic heterocycles. The minimum absolute atomic E-state index is 0.0351. The molecule has 4 heterocycles. The summed E-state index contributed by atoms with van der Waals surface area (Å²) in [5.74, 6) is -1.46. The minimum Gasteiger partial charge on any atom is -0.481 e. The number of hydrogen-bond acceptors (Lipinski definition) is 13. The second kappa shape index (κ2) is 9.71. The molecule has 2 amide bonds. The van der Waals surface area contributed by atoms with Gasteiger partial charge in [-0.05, 0) is 13.0 Å². The normalized spacial score (nSPS) is 24.2. The topological polar surface area (TPSA) is 186 Å². The number of anilines is 1. The van der Waals surface area contributed by atoms with Crippen LogP contribution in [0.1, 0.15) is 10.8 Å². The van der Waals surface area contributed by atoms with E-state index in [0.29, 0.717) is 4.34 Å². The van der Waals surface area contributed by atoms with Crippen LogP contribution < -0.4 is 11.1 Å². The molecule has 16 heteroatoms. The zero-order valence-corrected chi connectivity index (χ0v) is 20.4. The number of nitrogens with one attached hydrogen (secondary N) is 1. The van der Waals surface area contributed by atoms with Gasteiger partial charge in [-0.15, -0.1) is 22.0 Å². The molecule has 0 bridgehead atoms. The second-order valence-electron chi connectivity index (χ2n) is 7.51. The summed E-state index contributed by atoms with van der Waals surface area (Å²) >= 11 is 4.01. The lowest BCUT2D eigenvalue weighted by atomic mass is 9.89. The van der Waals surface area contributed by atoms with Gasteiger partial charge in [-0.3, -0.25) is 14.4 Å². The van der Waals surface area contributed by atoms with Crippen LogP contribution in [0.3, 0.4) is 0 Å². The molecule has 2 unspecified atom stereocenters. The number of aryl methyl sites for hydroxylation is 1. The van der Waals surface area contributed by atoms with Crippen molar-refractivity contribution in [3.63, 3.8) is 0 Å². The zero-order chi connectivity index (χ0) is 24.5. The molecule has 13 nitrogen and oxygen atoms in total. The largest absolute Gasteiger partial charge is 0.481 e. The standard InChI is InChI=1S/C18H20N8O5S3/c1-8-23-24-17(34-8)33-7-18(16(29)30)5-26-14(28)11(15(26)32-6-18)22-13(27)10(25-31-2)12-20-4-3-9(19)21-12/h3-4,11,15H,5-7H2,1-2H3,(H,22,27)(H,29,30)(H2,19,20,21)/t11?,15-,18?/m1/s1. The van der Waals surface area contributed by atoms with Crippen LogP contribution in [0, 0.1) is 12.3 Å². The number of hydrogen-bond donors (Lipinski definition) is 3. The van der Waals surface area contributed by atoms with Crippen molar-refractivity contribution in [3.05, 3.63) is 23.1 Å². The molecule has 0 radical (unpaired) electrons. The first-order valence-electron chi connectivity index (χ1n) is 9.83. The Balaban J connectivity index is 1.43. The third-order valence-corrected chi connectivity index (χ3v) is 9.00. The van der Waals surface area contributed by atoms with Crippen LogP contribution in [0.2, 0.25) is 0 Å². The van der Waals surface area contributed by atoms with Crippen LogP contribution in [0.4, 0.5) is 5.82 Å². The molecule has 0 aliphatic carbocycles. The molecule has 2 aromatic heterocycles. The fourth-order valence-corrected chi connectivity index (χ4v) is 7.09. The lowest BCUT2D eigenvalue weighted by molar-refractivity contribution is -0.157. The van der Waals surface area contributed by atoms with Gasteiger partial charge in [-0.1, -0.05) is 28.3 Å². The summed E-state index contributed by atoms with van der Waals surface area (Å²) in [6, 6.07) is 0.614. The van der Waals surface area contributed by atoms with Crippen molar-refractivity contribution in [1.29, 1.82) is 0 Å². The van der Waals surface area contributed by atoms with Crippen molar-refractivity contribution in [2.24, 2.45) is 10.6 Å². The Bertz CT molecular complexity index is 1160. The SMILES string of the molecule is CON=C(C(=O)NC1C(=O)N2CC(CSc3nnc(C)s3)(C(=O)O)CS[C@H]12)c1nccc(N)n1. The van der Waals surface area contributed by atoms with E-state index in [0.717, 1.165) is 5.01 Å². The van der Waals surface area contributed by atoms with Crippen LogP contribution >= 0.6 is 34.9 Å². The summed E-state index contributed by atoms with van der Waals surface area (Å²) < 4.78 is 0.680. The van der Waals surface area contributed by atoms with Crippen LogP contribution in [0.15, 0.2) is 21.8 Å². The molecule has 4 rings (SSSR count). The third-order valence-electron chi connectivity index (χ3n) is 5.15. The molecule has 4 N–H and O–H groups in total. The van der Waals surface area contributed by atoms with Gasteiger partial charge in [-0.25, -0.2) is 9.97 Å². The Morgan fingerprint density at radius 3 is 2.91 bits per heavy atom. The highest BCUT2D eigenvalue weighted by atomic mass is 32.2. The molecule has 2 saturated heterocycles. The number of carbonyl (C=O) groups excluding carboxylic acids is 2. The highest BCUT2D eigenvalue weighted by Crippen LogP contribution is 2.44. The summed E-state index contributed by atoms with van der Waals surface area (Å²) in [6.07, 6.45) is 1.37. The maximum absolute atomic E-state index is 12.8. The van der Waals surface area contributed by atoms with Gasteiger partial charge in [0.25, 0.3) is 5.91 Å². The van der Waals surface area contributed by atoms with Crippen LogP contribution in [-0.2, 0) is 19.2 Å². The fourth-order valence-electron chi connectivity index (χ4n) is 3.41. The number of carboxylic acids is 1. The quantitative estimate of drug-likeness (QED) is 0.179. The van der Waals surface area contributed by atoms with E-state index in [4.69, 9.17) is 10.6 Å². The van der Waals surface area contributed by atoms with E-state index in [2.05, 4.69) is 30.6 Å². The first kappa shape index (κ1) is 24.2. The van der Waals surface area contributed by atoms with E-state index in [1.54, 1.807) is 0 Å². The number of amides is 2. The Morgan fingerprint density at radius 2 is 2.26 bits per heavy atom. The van der Waals surface area contributed by atoms with Crippen molar-refractivity contribution in [3.8, 4) is 0 Å². The minimum atomic E-state index is -1.14. The summed E-state index contributed by atoms with van der Waals surface area (Å²) in [5.41, 5.74) is 4.28. The van der Waals surface area contributed by atoms with Crippen LogP contribution in [0.5, 0.6) is 0 Å². The Hall–Kier alpha value is -2.98. The second-order valence-corrected chi connectivity index (χ2v) is 11.0. The smallest absolute Gasteiger partial charge is 0.313 e. The molecule has 180 valence electrons. The number of carbonyl (C=O) groups is 3. The molecule has 0 spiro atoms. The maximum atomic E-state index is 12.8. The Morgan fingerprint density at radius 1 is 1.47 bits per heavy atom. The maximum Gasteiger partial charge on any atom is 0.313 e. The molecule has 2 fully saturated rings. The molecule has 0 saturated carbocycles. The number of oxime groups is 1. The summed E-state index contributed by atoms with van der Waals surface area (Å²) in [4.78, 5) is 52.0. The van der Waals surface area contributed by atoms with Crippen LogP contribution in [-0.4, -0.2) is 90.2 Å². The highest BCUT2D eigenvalue weighted by molar-refractivity contribution is 8.01. The fraction of sp³-hybridized carbons (Fsp3) is 0.444. The molecule has 34 heavy (non-hydrogen) atoms.